The van der Waals surface area contributed by atoms with Crippen LogP contribution >= 0.6 is 0 Å². The molecule has 0 bridgehead atoms. The number of rotatable bonds is 5. The van der Waals surface area contributed by atoms with Crippen LogP contribution in [0.15, 0.2) is 34.2 Å². The molecule has 1 aliphatic heterocycles. The summed E-state index contributed by atoms with van der Waals surface area (Å²) >= 11 is 0. The van der Waals surface area contributed by atoms with E-state index in [1.165, 1.54) is 0 Å². The second-order valence-electron chi connectivity index (χ2n) is 8.21. The molecule has 12 heteroatoms. The molecule has 0 atom stereocenters. The molecule has 4 heterocycles. The molecule has 0 unspecified atom stereocenters. The minimum absolute atomic E-state index is 0.231. The Morgan fingerprint density at radius 3 is 2.85 bits per heavy atom. The van der Waals surface area contributed by atoms with Gasteiger partial charge in [0, 0.05) is 18.2 Å². The molecule has 0 radical (unpaired) electrons. The first kappa shape index (κ1) is 20.3. The Labute approximate surface area is 192 Å². The number of aromatic amines is 2. The largest absolute Gasteiger partial charge is 0.493 e. The minimum Gasteiger partial charge on any atom is -0.493 e. The van der Waals surface area contributed by atoms with Crippen LogP contribution in [0.2, 0.25) is 0 Å². The minimum atomic E-state index is -0.503. The van der Waals surface area contributed by atoms with E-state index in [2.05, 4.69) is 35.3 Å². The summed E-state index contributed by atoms with van der Waals surface area (Å²) in [5, 5.41) is 18.2. The van der Waals surface area contributed by atoms with Gasteiger partial charge >= 0.3 is 5.69 Å². The summed E-state index contributed by atoms with van der Waals surface area (Å²) < 4.78 is 13.0. The molecular weight excluding hydrogens is 440 g/mol. The lowest BCUT2D eigenvalue weighted by Gasteiger charge is -2.10. The van der Waals surface area contributed by atoms with Gasteiger partial charge in [0.15, 0.2) is 17.1 Å². The normalized spacial score (nSPS) is 16.7. The van der Waals surface area contributed by atoms with Gasteiger partial charge < -0.3 is 24.9 Å². The van der Waals surface area contributed by atoms with Crippen LogP contribution in [0.5, 0.6) is 17.4 Å². The smallest absolute Gasteiger partial charge is 0.326 e. The van der Waals surface area contributed by atoms with Gasteiger partial charge in [-0.3, -0.25) is 4.98 Å². The number of aromatic hydroxyl groups is 1. The van der Waals surface area contributed by atoms with Crippen molar-refractivity contribution in [3.8, 4) is 17.4 Å². The molecule has 2 aliphatic rings. The van der Waals surface area contributed by atoms with Crippen molar-refractivity contribution < 1.29 is 14.6 Å². The van der Waals surface area contributed by atoms with E-state index in [0.29, 0.717) is 42.2 Å². The number of nitrogens with one attached hydrogen (secondary N) is 3. The third-order valence-electron chi connectivity index (χ3n) is 5.52. The standard InChI is InChI=1S/C22H22N8O4/c31-19-15(26-22(32)28-19)9-13-11-24-30-18(13)27-20(29-21(30)25-14-3-4-14)23-10-12-2-5-16-17(8-12)34-7-1-6-33-16/h2,5,8-9,11,14,31H,1,3-4,6-7,10H2,(H,23,25,29)(H2,26,28,32). The van der Waals surface area contributed by atoms with E-state index in [1.54, 1.807) is 16.8 Å². The summed E-state index contributed by atoms with van der Waals surface area (Å²) in [6.45, 7) is 1.73. The molecule has 1 aromatic carbocycles. The van der Waals surface area contributed by atoms with Crippen molar-refractivity contribution in [3.63, 3.8) is 0 Å². The molecule has 3 aromatic heterocycles. The van der Waals surface area contributed by atoms with Crippen molar-refractivity contribution >= 4 is 17.7 Å². The summed E-state index contributed by atoms with van der Waals surface area (Å²) in [4.78, 5) is 30.2. The van der Waals surface area contributed by atoms with Crippen molar-refractivity contribution in [2.24, 2.45) is 4.99 Å². The Kier molecular flexibility index (Phi) is 4.90. The fourth-order valence-corrected chi connectivity index (χ4v) is 3.66. The maximum atomic E-state index is 11.5. The van der Waals surface area contributed by atoms with E-state index in [1.807, 2.05) is 18.2 Å². The number of imidazole rings is 1. The number of benzene rings is 1. The predicted octanol–water partition coefficient (Wildman–Crippen LogP) is 0.231. The molecule has 0 saturated heterocycles. The number of aromatic nitrogens is 6. The lowest BCUT2D eigenvalue weighted by molar-refractivity contribution is 0.297. The van der Waals surface area contributed by atoms with Crippen LogP contribution in [0, 0.1) is 0 Å². The zero-order chi connectivity index (χ0) is 23.1. The van der Waals surface area contributed by atoms with Gasteiger partial charge in [0.25, 0.3) is 5.62 Å². The molecular formula is C22H22N8O4. The third kappa shape index (κ3) is 4.05. The van der Waals surface area contributed by atoms with Gasteiger partial charge in [-0.05, 0) is 36.6 Å². The second kappa shape index (κ2) is 8.21. The number of hydrogen-bond donors (Lipinski definition) is 4. The van der Waals surface area contributed by atoms with Gasteiger partial charge in [0.05, 0.1) is 25.5 Å². The van der Waals surface area contributed by atoms with E-state index in [4.69, 9.17) is 9.47 Å². The average molecular weight is 462 g/mol. The summed E-state index contributed by atoms with van der Waals surface area (Å²) in [7, 11) is 0. The number of hydrogen-bond acceptors (Lipinski definition) is 9. The van der Waals surface area contributed by atoms with Crippen LogP contribution < -0.4 is 31.3 Å². The van der Waals surface area contributed by atoms with Crippen LogP contribution in [-0.4, -0.2) is 53.9 Å². The summed E-state index contributed by atoms with van der Waals surface area (Å²) in [5.41, 5.74) is 1.67. The van der Waals surface area contributed by atoms with Crippen molar-refractivity contribution in [1.82, 2.24) is 29.5 Å². The lowest BCUT2D eigenvalue weighted by atomic mass is 10.2. The van der Waals surface area contributed by atoms with E-state index >= 15 is 0 Å². The summed E-state index contributed by atoms with van der Waals surface area (Å²) in [5.74, 6) is 1.61. The highest BCUT2D eigenvalue weighted by Crippen LogP contribution is 2.30. The number of fused-ring (bicyclic) bond motifs is 2. The van der Waals surface area contributed by atoms with Crippen LogP contribution in [-0.2, 0) is 6.54 Å². The molecule has 34 heavy (non-hydrogen) atoms. The van der Waals surface area contributed by atoms with E-state index in [9.17, 15) is 9.90 Å². The summed E-state index contributed by atoms with van der Waals surface area (Å²) in [6, 6.07) is 6.06. The van der Waals surface area contributed by atoms with Gasteiger partial charge in [-0.15, -0.1) is 0 Å². The number of H-pyrrole nitrogens is 2. The van der Waals surface area contributed by atoms with Crippen molar-refractivity contribution in [3.05, 3.63) is 57.0 Å². The van der Waals surface area contributed by atoms with Crippen molar-refractivity contribution in [2.75, 3.05) is 18.5 Å². The van der Waals surface area contributed by atoms with Crippen LogP contribution in [0.4, 0.5) is 5.95 Å². The van der Waals surface area contributed by atoms with E-state index < -0.39 is 5.69 Å². The Bertz CT molecular complexity index is 1550. The van der Waals surface area contributed by atoms with Gasteiger partial charge in [0.1, 0.15) is 5.69 Å². The van der Waals surface area contributed by atoms with Crippen LogP contribution in [0.1, 0.15) is 30.5 Å². The molecule has 1 aliphatic carbocycles. The van der Waals surface area contributed by atoms with Gasteiger partial charge in [-0.1, -0.05) is 6.07 Å². The fourth-order valence-electron chi connectivity index (χ4n) is 3.66. The average Bonchev–Trinajstić information content (AvgIpc) is 3.53. The monoisotopic (exact) mass is 462 g/mol. The molecule has 4 N–H and O–H groups in total. The number of ether oxygens (including phenoxy) is 2. The van der Waals surface area contributed by atoms with Crippen LogP contribution in [0.3, 0.4) is 0 Å². The van der Waals surface area contributed by atoms with Crippen molar-refractivity contribution in [1.29, 1.82) is 0 Å². The Balaban J connectivity index is 1.36. The quantitative estimate of drug-likeness (QED) is 0.329. The Hall–Kier alpha value is -4.35. The third-order valence-corrected chi connectivity index (χ3v) is 5.52. The lowest BCUT2D eigenvalue weighted by Crippen LogP contribution is -2.24. The first-order valence-corrected chi connectivity index (χ1v) is 11.1. The Morgan fingerprint density at radius 1 is 1.21 bits per heavy atom. The predicted molar refractivity (Wildman–Crippen MR) is 121 cm³/mol. The van der Waals surface area contributed by atoms with Crippen molar-refractivity contribution in [2.45, 2.75) is 31.8 Å². The molecule has 0 spiro atoms. The first-order valence-electron chi connectivity index (χ1n) is 11.1. The number of anilines is 1. The maximum absolute atomic E-state index is 11.5. The molecule has 1 fully saturated rings. The topological polar surface area (TPSA) is 155 Å². The second-order valence-corrected chi connectivity index (χ2v) is 8.21. The molecule has 4 aromatic rings. The zero-order valence-corrected chi connectivity index (χ0v) is 18.1. The zero-order valence-electron chi connectivity index (χ0n) is 18.1. The first-order chi connectivity index (χ1) is 16.6. The maximum Gasteiger partial charge on any atom is 0.326 e. The highest BCUT2D eigenvalue weighted by Gasteiger charge is 2.21. The van der Waals surface area contributed by atoms with Crippen LogP contribution in [0.25, 0.3) is 11.7 Å². The highest BCUT2D eigenvalue weighted by atomic mass is 16.5. The van der Waals surface area contributed by atoms with Gasteiger partial charge in [0.2, 0.25) is 11.8 Å². The summed E-state index contributed by atoms with van der Waals surface area (Å²) in [6.07, 6.45) is 6.07. The molecule has 0 amide bonds. The SMILES string of the molecule is O=c1[nH]c(O)c(C=c2cnn3c(=NC4CC4)nc(NCc4ccc5c(c4)OCCCO5)nc23)[nH]1. The van der Waals surface area contributed by atoms with E-state index in [0.717, 1.165) is 36.3 Å². The Morgan fingerprint density at radius 2 is 2.06 bits per heavy atom. The van der Waals surface area contributed by atoms with Gasteiger partial charge in [-0.2, -0.15) is 19.6 Å². The molecule has 1 saturated carbocycles. The fraction of sp³-hybridized carbons (Fsp3) is 0.318. The number of nitrogens with zero attached hydrogens (tertiary/aromatic N) is 5. The molecule has 12 nitrogen and oxygen atoms in total. The van der Waals surface area contributed by atoms with E-state index in [-0.39, 0.29) is 17.6 Å². The van der Waals surface area contributed by atoms with Gasteiger partial charge in [-0.25, -0.2) is 9.79 Å². The molecule has 174 valence electrons. The molecule has 6 rings (SSSR count). The highest BCUT2D eigenvalue weighted by molar-refractivity contribution is 5.57.